The molecule has 6 heteroatoms. The van der Waals surface area contributed by atoms with Crippen molar-refractivity contribution < 1.29 is 12.8 Å². The third-order valence-electron chi connectivity index (χ3n) is 2.00. The third-order valence-corrected chi connectivity index (χ3v) is 3.67. The molecule has 1 aromatic rings. The fraction of sp³-hybridized carbons (Fsp3) is 0.273. The SMILES string of the molecule is C#CC(C)(C)NS(=O)(=O)c1cc(N)ccc1F. The van der Waals surface area contributed by atoms with Crippen molar-refractivity contribution in [3.05, 3.63) is 24.0 Å². The van der Waals surface area contributed by atoms with Crippen LogP contribution in [0, 0.1) is 18.2 Å². The number of benzene rings is 1. The Morgan fingerprint density at radius 2 is 2.06 bits per heavy atom. The van der Waals surface area contributed by atoms with Crippen LogP contribution < -0.4 is 10.5 Å². The van der Waals surface area contributed by atoms with Crippen molar-refractivity contribution in [2.75, 3.05) is 5.73 Å². The molecule has 4 nitrogen and oxygen atoms in total. The molecular formula is C11H13FN2O2S. The lowest BCUT2D eigenvalue weighted by atomic mass is 10.1. The van der Waals surface area contributed by atoms with Crippen molar-refractivity contribution in [3.63, 3.8) is 0 Å². The van der Waals surface area contributed by atoms with Crippen LogP contribution in [0.25, 0.3) is 0 Å². The molecule has 0 aromatic heterocycles. The van der Waals surface area contributed by atoms with Crippen LogP contribution in [0.4, 0.5) is 10.1 Å². The van der Waals surface area contributed by atoms with Gasteiger partial charge in [-0.05, 0) is 32.0 Å². The molecule has 0 spiro atoms. The average Bonchev–Trinajstić information content (AvgIpc) is 2.20. The van der Waals surface area contributed by atoms with Crippen molar-refractivity contribution in [1.29, 1.82) is 0 Å². The monoisotopic (exact) mass is 256 g/mol. The van der Waals surface area contributed by atoms with E-state index in [2.05, 4.69) is 10.6 Å². The Bertz CT molecular complexity index is 574. The number of hydrogen-bond acceptors (Lipinski definition) is 3. The molecule has 0 bridgehead atoms. The fourth-order valence-electron chi connectivity index (χ4n) is 1.15. The molecule has 0 heterocycles. The highest BCUT2D eigenvalue weighted by Crippen LogP contribution is 2.19. The largest absolute Gasteiger partial charge is 0.399 e. The molecule has 1 rings (SSSR count). The average molecular weight is 256 g/mol. The lowest BCUT2D eigenvalue weighted by Crippen LogP contribution is -2.42. The van der Waals surface area contributed by atoms with Crippen LogP contribution in [-0.2, 0) is 10.0 Å². The fourth-order valence-corrected chi connectivity index (χ4v) is 2.60. The molecule has 17 heavy (non-hydrogen) atoms. The van der Waals surface area contributed by atoms with Gasteiger partial charge in [0, 0.05) is 5.69 Å². The van der Waals surface area contributed by atoms with Gasteiger partial charge in [0.05, 0.1) is 5.54 Å². The van der Waals surface area contributed by atoms with Crippen molar-refractivity contribution in [3.8, 4) is 12.3 Å². The second kappa shape index (κ2) is 4.35. The molecule has 0 atom stereocenters. The van der Waals surface area contributed by atoms with Gasteiger partial charge in [-0.15, -0.1) is 6.42 Å². The van der Waals surface area contributed by atoms with Gasteiger partial charge in [0.15, 0.2) is 0 Å². The molecule has 0 aliphatic heterocycles. The summed E-state index contributed by atoms with van der Waals surface area (Å²) in [6.45, 7) is 2.99. The van der Waals surface area contributed by atoms with Crippen molar-refractivity contribution in [1.82, 2.24) is 4.72 Å². The smallest absolute Gasteiger partial charge is 0.244 e. The Labute approximate surface area is 100 Å². The summed E-state index contributed by atoms with van der Waals surface area (Å²) in [5.41, 5.74) is 4.48. The number of rotatable bonds is 3. The molecule has 0 aliphatic rings. The first kappa shape index (κ1) is 13.5. The standard InChI is InChI=1S/C11H13FN2O2S/c1-4-11(2,3)14-17(15,16)10-7-8(13)5-6-9(10)12/h1,5-7,14H,13H2,2-3H3. The lowest BCUT2D eigenvalue weighted by Gasteiger charge is -2.19. The summed E-state index contributed by atoms with van der Waals surface area (Å²) >= 11 is 0. The second-order valence-electron chi connectivity index (χ2n) is 4.06. The predicted molar refractivity (Wildman–Crippen MR) is 64.0 cm³/mol. The molecule has 1 aromatic carbocycles. The number of halogens is 1. The van der Waals surface area contributed by atoms with Crippen LogP contribution in [0.1, 0.15) is 13.8 Å². The maximum atomic E-state index is 13.4. The van der Waals surface area contributed by atoms with E-state index in [1.165, 1.54) is 19.9 Å². The van der Waals surface area contributed by atoms with Crippen LogP contribution in [0.3, 0.4) is 0 Å². The Balaban J connectivity index is 3.24. The van der Waals surface area contributed by atoms with Gasteiger partial charge >= 0.3 is 0 Å². The maximum absolute atomic E-state index is 13.4. The van der Waals surface area contributed by atoms with E-state index in [1.807, 2.05) is 0 Å². The number of hydrogen-bond donors (Lipinski definition) is 2. The van der Waals surface area contributed by atoms with E-state index in [4.69, 9.17) is 12.2 Å². The number of sulfonamides is 1. The van der Waals surface area contributed by atoms with Gasteiger partial charge in [-0.1, -0.05) is 5.92 Å². The van der Waals surface area contributed by atoms with Crippen molar-refractivity contribution in [2.24, 2.45) is 0 Å². The van der Waals surface area contributed by atoms with Crippen molar-refractivity contribution in [2.45, 2.75) is 24.3 Å². The molecule has 0 saturated heterocycles. The minimum Gasteiger partial charge on any atom is -0.399 e. The van der Waals surface area contributed by atoms with Crippen LogP contribution >= 0.6 is 0 Å². The summed E-state index contributed by atoms with van der Waals surface area (Å²) in [5, 5.41) is 0. The zero-order valence-electron chi connectivity index (χ0n) is 9.49. The van der Waals surface area contributed by atoms with E-state index in [0.29, 0.717) is 0 Å². The first-order valence-electron chi connectivity index (χ1n) is 4.75. The van der Waals surface area contributed by atoms with E-state index < -0.39 is 26.3 Å². The van der Waals surface area contributed by atoms with Gasteiger partial charge < -0.3 is 5.73 Å². The van der Waals surface area contributed by atoms with E-state index in [-0.39, 0.29) is 5.69 Å². The molecule has 0 aliphatic carbocycles. The zero-order valence-corrected chi connectivity index (χ0v) is 10.3. The van der Waals surface area contributed by atoms with Gasteiger partial charge in [-0.3, -0.25) is 0 Å². The van der Waals surface area contributed by atoms with Crippen LogP contribution in [0.15, 0.2) is 23.1 Å². The minimum absolute atomic E-state index is 0.158. The third kappa shape index (κ3) is 3.19. The van der Waals surface area contributed by atoms with E-state index in [1.54, 1.807) is 0 Å². The van der Waals surface area contributed by atoms with Crippen molar-refractivity contribution >= 4 is 15.7 Å². The summed E-state index contributed by atoms with van der Waals surface area (Å²) in [5.74, 6) is 1.38. The summed E-state index contributed by atoms with van der Waals surface area (Å²) < 4.78 is 39.4. The summed E-state index contributed by atoms with van der Waals surface area (Å²) in [4.78, 5) is -0.513. The molecular weight excluding hydrogens is 243 g/mol. The zero-order chi connectivity index (χ0) is 13.3. The Kier molecular flexibility index (Phi) is 3.45. The van der Waals surface area contributed by atoms with Gasteiger partial charge in [-0.2, -0.15) is 4.72 Å². The number of nitrogens with one attached hydrogen (secondary N) is 1. The molecule has 3 N–H and O–H groups in total. The van der Waals surface area contributed by atoms with E-state index in [0.717, 1.165) is 12.1 Å². The first-order chi connectivity index (χ1) is 7.68. The predicted octanol–water partition coefficient (Wildman–Crippen LogP) is 1.10. The highest BCUT2D eigenvalue weighted by Gasteiger charge is 2.26. The molecule has 0 amide bonds. The number of anilines is 1. The minimum atomic E-state index is -4.03. The molecule has 92 valence electrons. The van der Waals surface area contributed by atoms with Crippen LogP contribution in [-0.4, -0.2) is 14.0 Å². The van der Waals surface area contributed by atoms with Crippen LogP contribution in [0.5, 0.6) is 0 Å². The quantitative estimate of drug-likeness (QED) is 0.628. The van der Waals surface area contributed by atoms with E-state index in [9.17, 15) is 12.8 Å². The van der Waals surface area contributed by atoms with Crippen LogP contribution in [0.2, 0.25) is 0 Å². The first-order valence-corrected chi connectivity index (χ1v) is 6.23. The second-order valence-corrected chi connectivity index (χ2v) is 5.72. The number of nitrogen functional groups attached to an aromatic ring is 1. The molecule has 0 fully saturated rings. The molecule has 0 radical (unpaired) electrons. The summed E-state index contributed by atoms with van der Waals surface area (Å²) in [6, 6.07) is 3.32. The lowest BCUT2D eigenvalue weighted by molar-refractivity contribution is 0.526. The molecule has 0 saturated carbocycles. The number of nitrogens with two attached hydrogens (primary N) is 1. The van der Waals surface area contributed by atoms with Gasteiger partial charge in [-0.25, -0.2) is 12.8 Å². The summed E-state index contributed by atoms with van der Waals surface area (Å²) in [6.07, 6.45) is 5.16. The Morgan fingerprint density at radius 1 is 1.47 bits per heavy atom. The van der Waals surface area contributed by atoms with E-state index >= 15 is 0 Å². The Hall–Kier alpha value is -1.58. The number of terminal acetylenes is 1. The topological polar surface area (TPSA) is 72.2 Å². The maximum Gasteiger partial charge on any atom is 0.244 e. The Morgan fingerprint density at radius 3 is 2.59 bits per heavy atom. The normalized spacial score (nSPS) is 12.1. The molecule has 0 unspecified atom stereocenters. The highest BCUT2D eigenvalue weighted by molar-refractivity contribution is 7.89. The highest BCUT2D eigenvalue weighted by atomic mass is 32.2. The van der Waals surface area contributed by atoms with Gasteiger partial charge in [0.2, 0.25) is 10.0 Å². The summed E-state index contributed by atoms with van der Waals surface area (Å²) in [7, 11) is -4.03. The van der Waals surface area contributed by atoms with Gasteiger partial charge in [0.1, 0.15) is 10.7 Å². The van der Waals surface area contributed by atoms with Gasteiger partial charge in [0.25, 0.3) is 0 Å².